The molecule has 2 aromatic carbocycles. The van der Waals surface area contributed by atoms with Crippen molar-refractivity contribution < 1.29 is 25.8 Å². The zero-order valence-corrected chi connectivity index (χ0v) is 26.9. The van der Waals surface area contributed by atoms with Crippen LogP contribution in [0.4, 0.5) is 8.78 Å². The van der Waals surface area contributed by atoms with E-state index in [2.05, 4.69) is 48.5 Å². The molecule has 2 aliphatic carbocycles. The van der Waals surface area contributed by atoms with Gasteiger partial charge in [0.1, 0.15) is 11.6 Å². The molecule has 0 radical (unpaired) electrons. The molecular formula is C32H48F2FeP2. The van der Waals surface area contributed by atoms with E-state index in [0.29, 0.717) is 17.2 Å². The van der Waals surface area contributed by atoms with Gasteiger partial charge in [0.05, 0.1) is 0 Å². The second-order valence-corrected chi connectivity index (χ2v) is 19.4. The summed E-state index contributed by atoms with van der Waals surface area (Å²) in [6.45, 7) is 17.0. The summed E-state index contributed by atoms with van der Waals surface area (Å²) in [6, 6.07) is 14.2. The predicted molar refractivity (Wildman–Crippen MR) is 159 cm³/mol. The molecule has 0 nitrogen and oxygen atoms in total. The third-order valence-corrected chi connectivity index (χ3v) is 14.9. The number of hydrogen-bond donors (Lipinski definition) is 0. The van der Waals surface area contributed by atoms with Gasteiger partial charge in [-0.2, -0.15) is 0 Å². The standard InChI is InChI=1S/C27H38F2P2.C5H10.Fe/c1-19(31(26(2,3)4)27(5,6)7)24-9-8-10-25(24)30(22-15-11-20(28)12-16-22)23-17-13-21(29)14-18-23;1-2-4-5-3-1;/h11-19,24-25H,8-10H2,1-7H3;1-5H2;/t19-,24?,25?;;/m1../s1. The minimum Gasteiger partial charge on any atom is -0.207 e. The minimum absolute atomic E-state index is 0. The van der Waals surface area contributed by atoms with E-state index in [-0.39, 0.29) is 46.9 Å². The molecule has 0 spiro atoms. The van der Waals surface area contributed by atoms with Gasteiger partial charge in [0.25, 0.3) is 0 Å². The molecule has 5 heteroatoms. The first-order valence-corrected chi connectivity index (χ1v) is 16.8. The summed E-state index contributed by atoms with van der Waals surface area (Å²) in [5.74, 6) is 0.252. The van der Waals surface area contributed by atoms with E-state index >= 15 is 0 Å². The van der Waals surface area contributed by atoms with Gasteiger partial charge in [0.2, 0.25) is 0 Å². The zero-order valence-electron chi connectivity index (χ0n) is 24.0. The van der Waals surface area contributed by atoms with E-state index in [1.165, 1.54) is 62.0 Å². The zero-order chi connectivity index (χ0) is 26.5. The van der Waals surface area contributed by atoms with Crippen LogP contribution in [0, 0.1) is 17.6 Å². The molecule has 0 heterocycles. The normalized spacial score (nSPS) is 20.9. The fourth-order valence-corrected chi connectivity index (χ4v) is 15.5. The van der Waals surface area contributed by atoms with E-state index in [4.69, 9.17) is 0 Å². The summed E-state index contributed by atoms with van der Waals surface area (Å²) < 4.78 is 27.4. The summed E-state index contributed by atoms with van der Waals surface area (Å²) in [5, 5.41) is 2.99. The Morgan fingerprint density at radius 1 is 0.649 bits per heavy atom. The van der Waals surface area contributed by atoms with Crippen molar-refractivity contribution >= 4 is 26.5 Å². The molecule has 0 amide bonds. The van der Waals surface area contributed by atoms with Crippen LogP contribution in [0.25, 0.3) is 0 Å². The van der Waals surface area contributed by atoms with Gasteiger partial charge in [-0.15, -0.1) is 0 Å². The smallest absolute Gasteiger partial charge is 0.123 e. The maximum atomic E-state index is 13.7. The Balaban J connectivity index is 0.000000716. The number of rotatable bonds is 5. The molecule has 3 atom stereocenters. The van der Waals surface area contributed by atoms with Crippen LogP contribution in [0.1, 0.15) is 99.8 Å². The van der Waals surface area contributed by atoms with Gasteiger partial charge in [-0.3, -0.25) is 0 Å². The second-order valence-electron chi connectivity index (χ2n) is 12.7. The molecule has 0 aromatic heterocycles. The third kappa shape index (κ3) is 9.10. The van der Waals surface area contributed by atoms with Crippen LogP contribution in [0.2, 0.25) is 0 Å². The summed E-state index contributed by atoms with van der Waals surface area (Å²) in [4.78, 5) is 0. The van der Waals surface area contributed by atoms with Crippen LogP contribution in [-0.4, -0.2) is 21.6 Å². The van der Waals surface area contributed by atoms with Crippen molar-refractivity contribution in [1.29, 1.82) is 0 Å². The summed E-state index contributed by atoms with van der Waals surface area (Å²) >= 11 is 0. The molecule has 2 fully saturated rings. The maximum Gasteiger partial charge on any atom is 0.123 e. The number of benzene rings is 2. The second kappa shape index (κ2) is 14.4. The van der Waals surface area contributed by atoms with Gasteiger partial charge in [0, 0.05) is 17.1 Å². The average Bonchev–Trinajstić information content (AvgIpc) is 3.50. The van der Waals surface area contributed by atoms with Crippen molar-refractivity contribution in [3.8, 4) is 0 Å². The first-order valence-electron chi connectivity index (χ1n) is 14.0. The minimum atomic E-state index is -0.668. The fraction of sp³-hybridized carbons (Fsp3) is 0.625. The van der Waals surface area contributed by atoms with Crippen molar-refractivity contribution in [1.82, 2.24) is 0 Å². The number of hydrogen-bond acceptors (Lipinski definition) is 0. The van der Waals surface area contributed by atoms with E-state index in [0.717, 1.165) is 0 Å². The molecule has 37 heavy (non-hydrogen) atoms. The van der Waals surface area contributed by atoms with Crippen LogP contribution in [0.15, 0.2) is 48.5 Å². The van der Waals surface area contributed by atoms with Crippen LogP contribution in [-0.2, 0) is 17.1 Å². The fourth-order valence-electron chi connectivity index (χ4n) is 6.89. The summed E-state index contributed by atoms with van der Waals surface area (Å²) in [7, 11) is -0.892. The van der Waals surface area contributed by atoms with Crippen LogP contribution < -0.4 is 10.6 Å². The van der Waals surface area contributed by atoms with Crippen molar-refractivity contribution in [2.24, 2.45) is 5.92 Å². The maximum absolute atomic E-state index is 13.7. The largest absolute Gasteiger partial charge is 0.207 e. The SMILES string of the molecule is C1CCCC1.C[C@H](C1CCCC1P(c1ccc(F)cc1)c1ccc(F)cc1)P(C(C)(C)C)C(C)(C)C.[Fe]. The number of halogens is 2. The molecule has 0 aliphatic heterocycles. The van der Waals surface area contributed by atoms with Crippen LogP contribution in [0.5, 0.6) is 0 Å². The molecule has 4 rings (SSSR count). The Hall–Kier alpha value is -0.321. The Bertz CT molecular complexity index is 860. The third-order valence-electron chi connectivity index (χ3n) is 7.80. The van der Waals surface area contributed by atoms with Gasteiger partial charge in [-0.05, 0) is 83.2 Å². The van der Waals surface area contributed by atoms with Gasteiger partial charge in [-0.25, -0.2) is 8.78 Å². The average molecular weight is 589 g/mol. The van der Waals surface area contributed by atoms with Crippen molar-refractivity contribution in [3.05, 3.63) is 60.2 Å². The molecular weight excluding hydrogens is 540 g/mol. The van der Waals surface area contributed by atoms with Crippen LogP contribution >= 0.6 is 15.8 Å². The van der Waals surface area contributed by atoms with E-state index < -0.39 is 7.92 Å². The molecule has 2 aromatic rings. The quantitative estimate of drug-likeness (QED) is 0.241. The van der Waals surface area contributed by atoms with Crippen molar-refractivity contribution in [2.75, 3.05) is 0 Å². The molecule has 2 aliphatic rings. The Labute approximate surface area is 239 Å². The predicted octanol–water partition coefficient (Wildman–Crippen LogP) is 9.98. The summed E-state index contributed by atoms with van der Waals surface area (Å²) in [5.41, 5.74) is 1.20. The topological polar surface area (TPSA) is 0 Å². The van der Waals surface area contributed by atoms with E-state index in [1.807, 2.05) is 24.3 Å². The van der Waals surface area contributed by atoms with Gasteiger partial charge in [-0.1, -0.05) is 119 Å². The molecule has 2 unspecified atom stereocenters. The molecule has 0 bridgehead atoms. The van der Waals surface area contributed by atoms with Gasteiger partial charge < -0.3 is 0 Å². The first-order chi connectivity index (χ1) is 16.9. The first kappa shape index (κ1) is 32.9. The van der Waals surface area contributed by atoms with E-state index in [9.17, 15) is 8.78 Å². The Morgan fingerprint density at radius 3 is 1.38 bits per heavy atom. The van der Waals surface area contributed by atoms with Gasteiger partial charge >= 0.3 is 0 Å². The van der Waals surface area contributed by atoms with E-state index in [1.54, 1.807) is 24.3 Å². The Kier molecular flexibility index (Phi) is 12.8. The van der Waals surface area contributed by atoms with Crippen LogP contribution in [0.3, 0.4) is 0 Å². The van der Waals surface area contributed by atoms with Gasteiger partial charge in [0.15, 0.2) is 0 Å². The monoisotopic (exact) mass is 588 g/mol. The molecule has 0 N–H and O–H groups in total. The molecule has 2 saturated carbocycles. The van der Waals surface area contributed by atoms with Crippen molar-refractivity contribution in [3.63, 3.8) is 0 Å². The summed E-state index contributed by atoms with van der Waals surface area (Å²) in [6.07, 6.45) is 11.2. The molecule has 0 saturated heterocycles. The molecule has 208 valence electrons. The van der Waals surface area contributed by atoms with Crippen molar-refractivity contribution in [2.45, 2.75) is 121 Å². The Morgan fingerprint density at radius 2 is 1.03 bits per heavy atom.